The average Bonchev–Trinajstić information content (AvgIpc) is 2.78. The number of nitrogens with one attached hydrogen (secondary N) is 1. The first kappa shape index (κ1) is 22.9. The smallest absolute Gasteiger partial charge is 0.261 e. The van der Waals surface area contributed by atoms with Gasteiger partial charge in [-0.2, -0.15) is 0 Å². The lowest BCUT2D eigenvalue weighted by Gasteiger charge is -2.31. The number of aryl methyl sites for hydroxylation is 2. The molecule has 0 unspecified atom stereocenters. The van der Waals surface area contributed by atoms with Gasteiger partial charge in [-0.1, -0.05) is 61.2 Å². The Morgan fingerprint density at radius 2 is 1.71 bits per heavy atom. The molecule has 0 heterocycles. The predicted octanol–water partition coefficient (Wildman–Crippen LogP) is 4.55. The third kappa shape index (κ3) is 6.58. The maximum atomic E-state index is 13.2. The normalized spacial score (nSPS) is 15.2. The van der Waals surface area contributed by atoms with Crippen LogP contribution in [0.15, 0.2) is 48.5 Å². The molecule has 5 heteroatoms. The molecule has 1 saturated carbocycles. The summed E-state index contributed by atoms with van der Waals surface area (Å²) in [5.41, 5.74) is 3.26. The molecule has 5 nitrogen and oxygen atoms in total. The van der Waals surface area contributed by atoms with Crippen molar-refractivity contribution >= 4 is 11.8 Å². The molecule has 0 aliphatic heterocycles. The summed E-state index contributed by atoms with van der Waals surface area (Å²) in [6.45, 7) is 6.11. The van der Waals surface area contributed by atoms with Crippen LogP contribution in [0.2, 0.25) is 0 Å². The van der Waals surface area contributed by atoms with Crippen LogP contribution in [0.3, 0.4) is 0 Å². The number of hydrogen-bond acceptors (Lipinski definition) is 3. The number of nitrogens with zero attached hydrogens (tertiary/aromatic N) is 1. The van der Waals surface area contributed by atoms with Crippen LogP contribution in [-0.4, -0.2) is 35.4 Å². The molecule has 0 radical (unpaired) electrons. The van der Waals surface area contributed by atoms with Gasteiger partial charge in [0.2, 0.25) is 5.91 Å². The van der Waals surface area contributed by atoms with Crippen LogP contribution >= 0.6 is 0 Å². The van der Waals surface area contributed by atoms with Gasteiger partial charge in [-0.15, -0.1) is 0 Å². The van der Waals surface area contributed by atoms with Crippen LogP contribution in [0.1, 0.15) is 55.7 Å². The number of carbonyl (C=O) groups is 2. The van der Waals surface area contributed by atoms with E-state index in [0.29, 0.717) is 12.3 Å². The van der Waals surface area contributed by atoms with E-state index in [9.17, 15) is 9.59 Å². The van der Waals surface area contributed by atoms with Crippen molar-refractivity contribution in [2.75, 3.05) is 6.61 Å². The molecule has 31 heavy (non-hydrogen) atoms. The Balaban J connectivity index is 1.71. The molecule has 0 saturated heterocycles. The van der Waals surface area contributed by atoms with Crippen LogP contribution < -0.4 is 10.1 Å². The Labute approximate surface area is 185 Å². The van der Waals surface area contributed by atoms with Crippen molar-refractivity contribution < 1.29 is 14.3 Å². The number of hydrogen-bond donors (Lipinski definition) is 1. The number of amides is 2. The Hall–Kier alpha value is -2.82. The molecule has 1 aliphatic carbocycles. The molecule has 0 bridgehead atoms. The first-order chi connectivity index (χ1) is 14.9. The lowest BCUT2D eigenvalue weighted by atomic mass is 9.95. The zero-order valence-electron chi connectivity index (χ0n) is 18.9. The molecular formula is C26H34N2O3. The van der Waals surface area contributed by atoms with Gasteiger partial charge < -0.3 is 15.0 Å². The van der Waals surface area contributed by atoms with Crippen molar-refractivity contribution in [1.29, 1.82) is 0 Å². The molecule has 166 valence electrons. The molecule has 1 aliphatic rings. The second kappa shape index (κ2) is 11.0. The minimum atomic E-state index is -0.573. The predicted molar refractivity (Wildman–Crippen MR) is 123 cm³/mol. The second-order valence-electron chi connectivity index (χ2n) is 8.57. The highest BCUT2D eigenvalue weighted by atomic mass is 16.5. The van der Waals surface area contributed by atoms with Gasteiger partial charge in [-0.05, 0) is 56.9 Å². The number of benzene rings is 2. The largest absolute Gasteiger partial charge is 0.484 e. The van der Waals surface area contributed by atoms with E-state index in [0.717, 1.165) is 42.4 Å². The van der Waals surface area contributed by atoms with E-state index in [1.165, 1.54) is 6.42 Å². The van der Waals surface area contributed by atoms with E-state index >= 15 is 0 Å². The molecule has 2 aromatic carbocycles. The number of ether oxygens (including phenoxy) is 1. The quantitative estimate of drug-likeness (QED) is 0.679. The fourth-order valence-electron chi connectivity index (χ4n) is 3.98. The van der Waals surface area contributed by atoms with Crippen molar-refractivity contribution in [2.45, 2.75) is 71.5 Å². The van der Waals surface area contributed by atoms with Crippen molar-refractivity contribution in [2.24, 2.45) is 0 Å². The van der Waals surface area contributed by atoms with Gasteiger partial charge in [0.05, 0.1) is 0 Å². The summed E-state index contributed by atoms with van der Waals surface area (Å²) in [6, 6.07) is 15.2. The summed E-state index contributed by atoms with van der Waals surface area (Å²) in [5, 5.41) is 3.16. The van der Waals surface area contributed by atoms with Crippen LogP contribution in [0.5, 0.6) is 5.75 Å². The highest BCUT2D eigenvalue weighted by Crippen LogP contribution is 2.19. The Bertz CT molecular complexity index is 872. The number of rotatable bonds is 8. The van der Waals surface area contributed by atoms with Gasteiger partial charge in [-0.25, -0.2) is 0 Å². The van der Waals surface area contributed by atoms with Crippen LogP contribution in [0.25, 0.3) is 0 Å². The molecule has 2 amide bonds. The maximum Gasteiger partial charge on any atom is 0.261 e. The fourth-order valence-corrected chi connectivity index (χ4v) is 3.98. The summed E-state index contributed by atoms with van der Waals surface area (Å²) >= 11 is 0. The van der Waals surface area contributed by atoms with Crippen molar-refractivity contribution in [3.63, 3.8) is 0 Å². The third-order valence-corrected chi connectivity index (χ3v) is 6.10. The first-order valence-electron chi connectivity index (χ1n) is 11.3. The van der Waals surface area contributed by atoms with E-state index in [4.69, 9.17) is 4.74 Å². The van der Waals surface area contributed by atoms with Gasteiger partial charge in [0.15, 0.2) is 6.61 Å². The highest BCUT2D eigenvalue weighted by Gasteiger charge is 2.28. The van der Waals surface area contributed by atoms with Crippen LogP contribution in [0.4, 0.5) is 0 Å². The van der Waals surface area contributed by atoms with E-state index in [1.54, 1.807) is 11.8 Å². The molecule has 1 fully saturated rings. The van der Waals surface area contributed by atoms with E-state index in [-0.39, 0.29) is 24.5 Å². The molecule has 3 rings (SSSR count). The van der Waals surface area contributed by atoms with E-state index in [1.807, 2.05) is 62.4 Å². The second-order valence-corrected chi connectivity index (χ2v) is 8.57. The van der Waals surface area contributed by atoms with Crippen LogP contribution in [-0.2, 0) is 16.1 Å². The topological polar surface area (TPSA) is 58.6 Å². The zero-order chi connectivity index (χ0) is 22.2. The molecular weight excluding hydrogens is 388 g/mol. The summed E-state index contributed by atoms with van der Waals surface area (Å²) < 4.78 is 5.73. The molecule has 0 aromatic heterocycles. The van der Waals surface area contributed by atoms with Crippen molar-refractivity contribution in [3.05, 3.63) is 65.2 Å². The van der Waals surface area contributed by atoms with E-state index in [2.05, 4.69) is 5.32 Å². The van der Waals surface area contributed by atoms with Crippen LogP contribution in [0, 0.1) is 13.8 Å². The number of carbonyl (C=O) groups excluding carboxylic acids is 2. The Morgan fingerprint density at radius 1 is 1.03 bits per heavy atom. The summed E-state index contributed by atoms with van der Waals surface area (Å²) in [6.07, 6.45) is 5.56. The maximum absolute atomic E-state index is 13.2. The SMILES string of the molecule is Cc1ccc(OCC(=O)N(Cc2ccccc2C)[C@@H](C)C(=O)NC2CCCCC2)cc1. The lowest BCUT2D eigenvalue weighted by molar-refractivity contribution is -0.142. The molecule has 1 N–H and O–H groups in total. The summed E-state index contributed by atoms with van der Waals surface area (Å²) in [7, 11) is 0. The van der Waals surface area contributed by atoms with Gasteiger partial charge in [0, 0.05) is 12.6 Å². The monoisotopic (exact) mass is 422 g/mol. The minimum absolute atomic E-state index is 0.0934. The average molecular weight is 423 g/mol. The zero-order valence-corrected chi connectivity index (χ0v) is 18.9. The van der Waals surface area contributed by atoms with Gasteiger partial charge >= 0.3 is 0 Å². The summed E-state index contributed by atoms with van der Waals surface area (Å²) in [4.78, 5) is 27.8. The van der Waals surface area contributed by atoms with Gasteiger partial charge in [0.25, 0.3) is 5.91 Å². The molecule has 0 spiro atoms. The standard InChI is InChI=1S/C26H34N2O3/c1-19-13-15-24(16-14-19)31-18-25(29)28(17-22-10-8-7-9-20(22)2)21(3)26(30)27-23-11-5-4-6-12-23/h7-10,13-16,21,23H,4-6,11-12,17-18H2,1-3H3,(H,27,30)/t21-/m0/s1. The Kier molecular flexibility index (Phi) is 8.10. The van der Waals surface area contributed by atoms with Crippen molar-refractivity contribution in [1.82, 2.24) is 10.2 Å². The molecule has 1 atom stereocenters. The van der Waals surface area contributed by atoms with Gasteiger partial charge in [-0.3, -0.25) is 9.59 Å². The van der Waals surface area contributed by atoms with Gasteiger partial charge in [0.1, 0.15) is 11.8 Å². The van der Waals surface area contributed by atoms with E-state index < -0.39 is 6.04 Å². The Morgan fingerprint density at radius 3 is 2.39 bits per heavy atom. The minimum Gasteiger partial charge on any atom is -0.484 e. The fraction of sp³-hybridized carbons (Fsp3) is 0.462. The molecule has 2 aromatic rings. The highest BCUT2D eigenvalue weighted by molar-refractivity contribution is 5.88. The third-order valence-electron chi connectivity index (χ3n) is 6.10. The first-order valence-corrected chi connectivity index (χ1v) is 11.3. The lowest BCUT2D eigenvalue weighted by Crippen LogP contribution is -2.51. The summed E-state index contributed by atoms with van der Waals surface area (Å²) in [5.74, 6) is 0.355. The van der Waals surface area contributed by atoms with Crippen molar-refractivity contribution in [3.8, 4) is 5.75 Å².